The molecule has 126 valence electrons. The molecule has 1 amide bonds. The Kier molecular flexibility index (Phi) is 4.97. The molecule has 1 heterocycles. The average molecular weight is 325 g/mol. The average Bonchev–Trinajstić information content (AvgIpc) is 2.68. The fourth-order valence-corrected chi connectivity index (χ4v) is 3.30. The molecule has 0 unspecified atom stereocenters. The Morgan fingerprint density at radius 2 is 1.46 bits per heavy atom. The van der Waals surface area contributed by atoms with Crippen molar-refractivity contribution in [2.45, 2.75) is 24.5 Å². The van der Waals surface area contributed by atoms with Crippen LogP contribution in [-0.2, 0) is 15.1 Å². The lowest BCUT2D eigenvalue weighted by atomic mass is 9.84. The smallest absolute Gasteiger partial charge is 0.263 e. The molecule has 0 aliphatic carbocycles. The first kappa shape index (κ1) is 16.7. The number of hydrogen-bond acceptors (Lipinski definition) is 3. The van der Waals surface area contributed by atoms with Crippen LogP contribution in [0.25, 0.3) is 0 Å². The quantitative estimate of drug-likeness (QED) is 0.940. The van der Waals surface area contributed by atoms with Gasteiger partial charge in [0.1, 0.15) is 0 Å². The van der Waals surface area contributed by atoms with E-state index < -0.39 is 5.60 Å². The molecule has 1 fully saturated rings. The number of likely N-dealkylation sites (tertiary alicyclic amines) is 1. The topological polar surface area (TPSA) is 49.8 Å². The number of benzene rings is 2. The lowest BCUT2D eigenvalue weighted by Gasteiger charge is -2.37. The molecule has 0 spiro atoms. The number of ether oxygens (including phenoxy) is 1. The molecule has 0 radical (unpaired) electrons. The Morgan fingerprint density at radius 3 is 1.88 bits per heavy atom. The van der Waals surface area contributed by atoms with E-state index in [1.54, 1.807) is 36.3 Å². The first-order valence-electron chi connectivity index (χ1n) is 8.32. The van der Waals surface area contributed by atoms with E-state index in [2.05, 4.69) is 0 Å². The summed E-state index contributed by atoms with van der Waals surface area (Å²) in [5, 5.41) is 11.5. The predicted molar refractivity (Wildman–Crippen MR) is 92.5 cm³/mol. The van der Waals surface area contributed by atoms with Crippen molar-refractivity contribution in [3.8, 4) is 0 Å². The molecule has 24 heavy (non-hydrogen) atoms. The van der Waals surface area contributed by atoms with Crippen molar-refractivity contribution in [3.05, 3.63) is 71.8 Å². The molecular weight excluding hydrogens is 302 g/mol. The van der Waals surface area contributed by atoms with E-state index in [0.29, 0.717) is 24.2 Å². The monoisotopic (exact) mass is 325 g/mol. The first-order chi connectivity index (χ1) is 11.7. The Balaban J connectivity index is 1.95. The van der Waals surface area contributed by atoms with Crippen molar-refractivity contribution in [1.82, 2.24) is 4.90 Å². The summed E-state index contributed by atoms with van der Waals surface area (Å²) in [6.07, 6.45) is 1.78. The second kappa shape index (κ2) is 7.16. The molecule has 0 bridgehead atoms. The van der Waals surface area contributed by atoms with E-state index in [1.165, 1.54) is 0 Å². The van der Waals surface area contributed by atoms with Crippen LogP contribution in [0.4, 0.5) is 0 Å². The third-order valence-corrected chi connectivity index (χ3v) is 4.76. The third-order valence-electron chi connectivity index (χ3n) is 4.76. The minimum absolute atomic E-state index is 0.190. The van der Waals surface area contributed by atoms with E-state index >= 15 is 0 Å². The summed E-state index contributed by atoms with van der Waals surface area (Å²) < 4.78 is 5.37. The van der Waals surface area contributed by atoms with Crippen molar-refractivity contribution >= 4 is 5.91 Å². The fourth-order valence-electron chi connectivity index (χ4n) is 3.30. The third kappa shape index (κ3) is 3.07. The van der Waals surface area contributed by atoms with Gasteiger partial charge in [-0.15, -0.1) is 0 Å². The lowest BCUT2D eigenvalue weighted by molar-refractivity contribution is -0.150. The van der Waals surface area contributed by atoms with Crippen LogP contribution in [0.2, 0.25) is 0 Å². The zero-order chi connectivity index (χ0) is 17.0. The molecule has 0 aromatic heterocycles. The Labute approximate surface area is 142 Å². The van der Waals surface area contributed by atoms with Gasteiger partial charge in [0.2, 0.25) is 0 Å². The van der Waals surface area contributed by atoms with Gasteiger partial charge in [0.05, 0.1) is 6.10 Å². The molecule has 3 rings (SSSR count). The van der Waals surface area contributed by atoms with E-state index in [-0.39, 0.29) is 12.0 Å². The highest BCUT2D eigenvalue weighted by molar-refractivity contribution is 5.90. The molecule has 0 saturated carbocycles. The van der Waals surface area contributed by atoms with Gasteiger partial charge in [-0.05, 0) is 24.0 Å². The highest BCUT2D eigenvalue weighted by atomic mass is 16.5. The summed E-state index contributed by atoms with van der Waals surface area (Å²) in [5.74, 6) is -0.269. The SMILES string of the molecule is COC1CCN(C(=O)C(O)(c2ccccc2)c2ccccc2)CC1. The number of aliphatic hydroxyl groups is 1. The van der Waals surface area contributed by atoms with Crippen molar-refractivity contribution in [3.63, 3.8) is 0 Å². The van der Waals surface area contributed by atoms with Gasteiger partial charge in [-0.2, -0.15) is 0 Å². The first-order valence-corrected chi connectivity index (χ1v) is 8.32. The number of nitrogens with zero attached hydrogens (tertiary/aromatic N) is 1. The lowest BCUT2D eigenvalue weighted by Crippen LogP contribution is -2.51. The zero-order valence-electron chi connectivity index (χ0n) is 13.9. The summed E-state index contributed by atoms with van der Waals surface area (Å²) in [7, 11) is 1.70. The Morgan fingerprint density at radius 1 is 1.00 bits per heavy atom. The van der Waals surface area contributed by atoms with Crippen molar-refractivity contribution < 1.29 is 14.6 Å². The maximum absolute atomic E-state index is 13.3. The number of carbonyl (C=O) groups excluding carboxylic acids is 1. The maximum Gasteiger partial charge on any atom is 0.263 e. The second-order valence-corrected chi connectivity index (χ2v) is 6.17. The van der Waals surface area contributed by atoms with Crippen molar-refractivity contribution in [1.29, 1.82) is 0 Å². The van der Waals surface area contributed by atoms with Gasteiger partial charge in [0, 0.05) is 20.2 Å². The van der Waals surface area contributed by atoms with E-state index in [1.807, 2.05) is 36.4 Å². The summed E-state index contributed by atoms with van der Waals surface area (Å²) >= 11 is 0. The minimum atomic E-state index is -1.66. The second-order valence-electron chi connectivity index (χ2n) is 6.17. The summed E-state index contributed by atoms with van der Waals surface area (Å²) in [4.78, 5) is 15.0. The molecule has 4 nitrogen and oxygen atoms in total. The molecule has 2 aromatic rings. The molecule has 1 saturated heterocycles. The van der Waals surface area contributed by atoms with Crippen LogP contribution in [0.1, 0.15) is 24.0 Å². The van der Waals surface area contributed by atoms with E-state index in [0.717, 1.165) is 12.8 Å². The van der Waals surface area contributed by atoms with Crippen LogP contribution in [-0.4, -0.2) is 42.2 Å². The number of amides is 1. The summed E-state index contributed by atoms with van der Waals surface area (Å²) in [6.45, 7) is 1.19. The van der Waals surface area contributed by atoms with Crippen molar-refractivity contribution in [2.75, 3.05) is 20.2 Å². The van der Waals surface area contributed by atoms with Crippen LogP contribution in [0.15, 0.2) is 60.7 Å². The van der Waals surface area contributed by atoms with Gasteiger partial charge >= 0.3 is 0 Å². The number of carbonyl (C=O) groups is 1. The molecular formula is C20H23NO3. The highest BCUT2D eigenvalue weighted by Crippen LogP contribution is 2.32. The van der Waals surface area contributed by atoms with Gasteiger partial charge in [-0.3, -0.25) is 4.79 Å². The van der Waals surface area contributed by atoms with Crippen LogP contribution < -0.4 is 0 Å². The minimum Gasteiger partial charge on any atom is -0.381 e. The fraction of sp³-hybridized carbons (Fsp3) is 0.350. The molecule has 4 heteroatoms. The van der Waals surface area contributed by atoms with Crippen LogP contribution in [0.3, 0.4) is 0 Å². The normalized spacial score (nSPS) is 16.2. The molecule has 2 aromatic carbocycles. The van der Waals surface area contributed by atoms with Crippen LogP contribution >= 0.6 is 0 Å². The van der Waals surface area contributed by atoms with Gasteiger partial charge in [0.25, 0.3) is 5.91 Å². The Hall–Kier alpha value is -2.17. The zero-order valence-corrected chi connectivity index (χ0v) is 13.9. The number of hydrogen-bond donors (Lipinski definition) is 1. The van der Waals surface area contributed by atoms with E-state index in [9.17, 15) is 9.90 Å². The maximum atomic E-state index is 13.3. The standard InChI is InChI=1S/C20H23NO3/c1-24-18-12-14-21(15-13-18)19(22)20(23,16-8-4-2-5-9-16)17-10-6-3-7-11-17/h2-11,18,23H,12-15H2,1H3. The van der Waals surface area contributed by atoms with Gasteiger partial charge in [-0.1, -0.05) is 60.7 Å². The van der Waals surface area contributed by atoms with Crippen molar-refractivity contribution in [2.24, 2.45) is 0 Å². The molecule has 1 aliphatic rings. The molecule has 0 atom stereocenters. The molecule has 1 N–H and O–H groups in total. The number of methoxy groups -OCH3 is 1. The number of piperidine rings is 1. The Bertz CT molecular complexity index is 624. The summed E-state index contributed by atoms with van der Waals surface area (Å²) in [5.41, 5.74) is -0.479. The van der Waals surface area contributed by atoms with E-state index in [4.69, 9.17) is 4.74 Å². The number of rotatable bonds is 4. The van der Waals surface area contributed by atoms with Gasteiger partial charge in [0.15, 0.2) is 5.60 Å². The summed E-state index contributed by atoms with van der Waals surface area (Å²) in [6, 6.07) is 18.3. The predicted octanol–water partition coefficient (Wildman–Crippen LogP) is 2.56. The largest absolute Gasteiger partial charge is 0.381 e. The highest BCUT2D eigenvalue weighted by Gasteiger charge is 2.43. The van der Waals surface area contributed by atoms with Crippen LogP contribution in [0.5, 0.6) is 0 Å². The van der Waals surface area contributed by atoms with Crippen LogP contribution in [0, 0.1) is 0 Å². The molecule has 1 aliphatic heterocycles. The van der Waals surface area contributed by atoms with Gasteiger partial charge in [-0.25, -0.2) is 0 Å². The van der Waals surface area contributed by atoms with Gasteiger partial charge < -0.3 is 14.7 Å².